The number of nitrogens with zero attached hydrogens (tertiary/aromatic N) is 2. The van der Waals surface area contributed by atoms with Crippen LogP contribution in [-0.2, 0) is 16.0 Å². The Kier molecular flexibility index (Phi) is 3.92. The molecule has 1 aromatic carbocycles. The minimum Gasteiger partial charge on any atom is -0.330 e. The maximum absolute atomic E-state index is 13.1. The first-order chi connectivity index (χ1) is 11.1. The Labute approximate surface area is 145 Å². The molecule has 0 N–H and O–H groups in total. The molecule has 0 spiro atoms. The number of rotatable bonds is 2. The molecule has 1 saturated heterocycles. The Hall–Kier alpha value is -1.36. The first-order valence-corrected chi connectivity index (χ1v) is 9.35. The lowest BCUT2D eigenvalue weighted by atomic mass is 10.0. The van der Waals surface area contributed by atoms with Crippen LogP contribution in [0.15, 0.2) is 22.7 Å². The highest BCUT2D eigenvalue weighted by molar-refractivity contribution is 9.10. The molecule has 2 heterocycles. The summed E-state index contributed by atoms with van der Waals surface area (Å²) in [6, 6.07) is 5.87. The Bertz CT molecular complexity index is 656. The molecule has 2 aliphatic heterocycles. The number of carbonyl (C=O) groups excluding carboxylic acids is 2. The zero-order valence-corrected chi connectivity index (χ0v) is 14.7. The van der Waals surface area contributed by atoms with Gasteiger partial charge in [-0.15, -0.1) is 0 Å². The molecule has 1 aromatic rings. The average Bonchev–Trinajstić information content (AvgIpc) is 3.29. The number of anilines is 1. The second-order valence-electron chi connectivity index (χ2n) is 6.83. The second-order valence-corrected chi connectivity index (χ2v) is 7.75. The van der Waals surface area contributed by atoms with Gasteiger partial charge in [0.05, 0.1) is 0 Å². The minimum atomic E-state index is -0.252. The normalized spacial score (nSPS) is 23.8. The van der Waals surface area contributed by atoms with E-state index in [1.54, 1.807) is 0 Å². The van der Waals surface area contributed by atoms with Gasteiger partial charge in [-0.3, -0.25) is 9.59 Å². The molecule has 4 rings (SSSR count). The van der Waals surface area contributed by atoms with Crippen LogP contribution in [0.3, 0.4) is 0 Å². The highest BCUT2D eigenvalue weighted by Crippen LogP contribution is 2.35. The topological polar surface area (TPSA) is 40.6 Å². The summed E-state index contributed by atoms with van der Waals surface area (Å²) in [5.74, 6) is 0.502. The highest BCUT2D eigenvalue weighted by atomic mass is 79.9. The molecular formula is C18H21BrN2O2. The molecule has 1 atom stereocenters. The fraction of sp³-hybridized carbons (Fsp3) is 0.556. The smallest absolute Gasteiger partial charge is 0.249 e. The third-order valence-corrected chi connectivity index (χ3v) is 5.67. The van der Waals surface area contributed by atoms with Crippen molar-refractivity contribution in [2.24, 2.45) is 5.92 Å². The van der Waals surface area contributed by atoms with Gasteiger partial charge in [0.2, 0.25) is 11.8 Å². The van der Waals surface area contributed by atoms with E-state index in [-0.39, 0.29) is 23.8 Å². The van der Waals surface area contributed by atoms with Crippen molar-refractivity contribution >= 4 is 33.4 Å². The zero-order chi connectivity index (χ0) is 16.0. The summed E-state index contributed by atoms with van der Waals surface area (Å²) in [6.07, 6.45) is 5.73. The van der Waals surface area contributed by atoms with Gasteiger partial charge in [-0.25, -0.2) is 0 Å². The molecule has 0 radical (unpaired) electrons. The van der Waals surface area contributed by atoms with Gasteiger partial charge in [-0.1, -0.05) is 15.9 Å². The van der Waals surface area contributed by atoms with Crippen molar-refractivity contribution in [2.75, 3.05) is 18.0 Å². The van der Waals surface area contributed by atoms with E-state index in [2.05, 4.69) is 22.0 Å². The summed E-state index contributed by atoms with van der Waals surface area (Å²) >= 11 is 3.51. The molecule has 1 saturated carbocycles. The van der Waals surface area contributed by atoms with Crippen LogP contribution in [0.4, 0.5) is 5.69 Å². The van der Waals surface area contributed by atoms with Crippen molar-refractivity contribution in [3.05, 3.63) is 28.2 Å². The molecule has 23 heavy (non-hydrogen) atoms. The molecule has 2 fully saturated rings. The third-order valence-electron chi connectivity index (χ3n) is 5.17. The Balaban J connectivity index is 1.58. The Morgan fingerprint density at radius 1 is 1.04 bits per heavy atom. The van der Waals surface area contributed by atoms with E-state index in [1.165, 1.54) is 5.56 Å². The summed E-state index contributed by atoms with van der Waals surface area (Å²) in [5.41, 5.74) is 2.24. The molecule has 5 heteroatoms. The highest BCUT2D eigenvalue weighted by Gasteiger charge is 2.42. The number of amides is 2. The first kappa shape index (κ1) is 15.2. The van der Waals surface area contributed by atoms with Crippen molar-refractivity contribution in [3.8, 4) is 0 Å². The molecule has 122 valence electrons. The number of hydrogen-bond donors (Lipinski definition) is 0. The lowest BCUT2D eigenvalue weighted by Crippen LogP contribution is -2.49. The molecule has 1 aliphatic carbocycles. The van der Waals surface area contributed by atoms with Gasteiger partial charge >= 0.3 is 0 Å². The van der Waals surface area contributed by atoms with Gasteiger partial charge in [0, 0.05) is 29.2 Å². The van der Waals surface area contributed by atoms with Crippen molar-refractivity contribution < 1.29 is 9.59 Å². The average molecular weight is 377 g/mol. The fourth-order valence-electron chi connectivity index (χ4n) is 3.83. The Morgan fingerprint density at radius 3 is 2.65 bits per heavy atom. The predicted octanol–water partition coefficient (Wildman–Crippen LogP) is 3.13. The quantitative estimate of drug-likeness (QED) is 0.795. The summed E-state index contributed by atoms with van der Waals surface area (Å²) in [4.78, 5) is 29.3. The predicted molar refractivity (Wildman–Crippen MR) is 92.3 cm³/mol. The second kappa shape index (κ2) is 5.93. The van der Waals surface area contributed by atoms with E-state index in [4.69, 9.17) is 0 Å². The number of hydrogen-bond acceptors (Lipinski definition) is 2. The van der Waals surface area contributed by atoms with Crippen LogP contribution in [0.1, 0.15) is 37.7 Å². The summed E-state index contributed by atoms with van der Waals surface area (Å²) in [6.45, 7) is 1.50. The minimum absolute atomic E-state index is 0.111. The lowest BCUT2D eigenvalue weighted by Gasteiger charge is -2.34. The fourth-order valence-corrected chi connectivity index (χ4v) is 4.24. The van der Waals surface area contributed by atoms with Gasteiger partial charge in [0.1, 0.15) is 6.04 Å². The third kappa shape index (κ3) is 2.80. The molecule has 0 bridgehead atoms. The Morgan fingerprint density at radius 2 is 1.87 bits per heavy atom. The summed E-state index contributed by atoms with van der Waals surface area (Å²) in [7, 11) is 0. The molecule has 1 unspecified atom stereocenters. The number of carbonyl (C=O) groups is 2. The number of likely N-dealkylation sites (tertiary alicyclic amines) is 1. The van der Waals surface area contributed by atoms with Crippen LogP contribution < -0.4 is 4.90 Å². The van der Waals surface area contributed by atoms with E-state index < -0.39 is 0 Å². The van der Waals surface area contributed by atoms with Crippen LogP contribution in [-0.4, -0.2) is 35.8 Å². The van der Waals surface area contributed by atoms with Crippen molar-refractivity contribution in [3.63, 3.8) is 0 Å². The van der Waals surface area contributed by atoms with E-state index >= 15 is 0 Å². The largest absolute Gasteiger partial charge is 0.330 e. The molecular weight excluding hydrogens is 356 g/mol. The maximum Gasteiger partial charge on any atom is 0.249 e. The van der Waals surface area contributed by atoms with E-state index in [1.807, 2.05) is 21.9 Å². The number of halogens is 1. The van der Waals surface area contributed by atoms with Crippen LogP contribution in [0.2, 0.25) is 0 Å². The van der Waals surface area contributed by atoms with Crippen molar-refractivity contribution in [1.82, 2.24) is 4.90 Å². The molecule has 0 aromatic heterocycles. The van der Waals surface area contributed by atoms with Gasteiger partial charge in [0.15, 0.2) is 0 Å². The maximum atomic E-state index is 13.1. The molecule has 3 aliphatic rings. The van der Waals surface area contributed by atoms with Crippen molar-refractivity contribution in [1.29, 1.82) is 0 Å². The SMILES string of the molecule is O=C(C1CCCN1C(=O)C1CC1)N1CCCc2cc(Br)ccc21. The number of benzene rings is 1. The van der Waals surface area contributed by atoms with E-state index in [0.29, 0.717) is 0 Å². The lowest BCUT2D eigenvalue weighted by molar-refractivity contribution is -0.138. The van der Waals surface area contributed by atoms with Crippen LogP contribution in [0.5, 0.6) is 0 Å². The number of fused-ring (bicyclic) bond motifs is 1. The summed E-state index contributed by atoms with van der Waals surface area (Å²) < 4.78 is 1.05. The monoisotopic (exact) mass is 376 g/mol. The molecule has 2 amide bonds. The van der Waals surface area contributed by atoms with E-state index in [9.17, 15) is 9.59 Å². The number of aryl methyl sites for hydroxylation is 1. The van der Waals surface area contributed by atoms with Gasteiger partial charge in [-0.05, 0) is 62.3 Å². The standard InChI is InChI=1S/C18H21BrN2O2/c19-14-7-8-15-13(11-14)3-1-9-20(15)18(23)16-4-2-10-21(16)17(22)12-5-6-12/h7-8,11-12,16H,1-6,9-10H2. The zero-order valence-electron chi connectivity index (χ0n) is 13.1. The summed E-state index contributed by atoms with van der Waals surface area (Å²) in [5, 5.41) is 0. The van der Waals surface area contributed by atoms with Crippen LogP contribution in [0, 0.1) is 5.92 Å². The van der Waals surface area contributed by atoms with Crippen LogP contribution in [0.25, 0.3) is 0 Å². The van der Waals surface area contributed by atoms with Crippen LogP contribution >= 0.6 is 15.9 Å². The van der Waals surface area contributed by atoms with Crippen molar-refractivity contribution in [2.45, 2.75) is 44.6 Å². The van der Waals surface area contributed by atoms with Gasteiger partial charge in [0.25, 0.3) is 0 Å². The van der Waals surface area contributed by atoms with Gasteiger partial charge < -0.3 is 9.80 Å². The van der Waals surface area contributed by atoms with Gasteiger partial charge in [-0.2, -0.15) is 0 Å². The first-order valence-electron chi connectivity index (χ1n) is 8.55. The molecule has 4 nitrogen and oxygen atoms in total. The van der Waals surface area contributed by atoms with E-state index in [0.717, 1.165) is 61.8 Å².